The fourth-order valence-corrected chi connectivity index (χ4v) is 3.86. The Kier molecular flexibility index (Phi) is 5.11. The van der Waals surface area contributed by atoms with E-state index < -0.39 is 0 Å². The Bertz CT molecular complexity index is 583. The summed E-state index contributed by atoms with van der Waals surface area (Å²) < 4.78 is 0. The molecule has 0 unspecified atom stereocenters. The fraction of sp³-hybridized carbons (Fsp3) is 0.500. The average molecular weight is 315 g/mol. The molecule has 1 saturated carbocycles. The molecule has 0 radical (unpaired) electrons. The highest BCUT2D eigenvalue weighted by Gasteiger charge is 2.13. The number of nitrogens with one attached hydrogen (secondary N) is 1. The van der Waals surface area contributed by atoms with E-state index in [-0.39, 0.29) is 0 Å². The lowest BCUT2D eigenvalue weighted by atomic mass is 9.96. The van der Waals surface area contributed by atoms with Gasteiger partial charge in [0.2, 0.25) is 0 Å². The van der Waals surface area contributed by atoms with Crippen LogP contribution in [-0.4, -0.2) is 25.1 Å². The molecular weight excluding hydrogens is 290 g/mol. The van der Waals surface area contributed by atoms with E-state index in [0.717, 1.165) is 6.54 Å². The summed E-state index contributed by atoms with van der Waals surface area (Å²) in [6, 6.07) is 9.38. The molecule has 4 heteroatoms. The van der Waals surface area contributed by atoms with Gasteiger partial charge >= 0.3 is 0 Å². The first kappa shape index (κ1) is 15.5. The molecule has 0 aliphatic heterocycles. The van der Waals surface area contributed by atoms with Crippen molar-refractivity contribution in [3.8, 4) is 10.4 Å². The minimum Gasteiger partial charge on any atom is -0.378 e. The van der Waals surface area contributed by atoms with Crippen molar-refractivity contribution in [1.29, 1.82) is 0 Å². The number of rotatable bonds is 5. The smallest absolute Gasteiger partial charge is 0.107 e. The second-order valence-corrected chi connectivity index (χ2v) is 7.39. The number of hydrogen-bond donors (Lipinski definition) is 1. The maximum atomic E-state index is 4.58. The summed E-state index contributed by atoms with van der Waals surface area (Å²) in [4.78, 5) is 7.96. The van der Waals surface area contributed by atoms with Crippen LogP contribution in [0.2, 0.25) is 0 Å². The Morgan fingerprint density at radius 1 is 1.14 bits per heavy atom. The minimum absolute atomic E-state index is 0.695. The maximum Gasteiger partial charge on any atom is 0.107 e. The van der Waals surface area contributed by atoms with E-state index in [0.29, 0.717) is 6.04 Å². The van der Waals surface area contributed by atoms with Gasteiger partial charge in [0.1, 0.15) is 5.01 Å². The first-order valence-corrected chi connectivity index (χ1v) is 9.00. The van der Waals surface area contributed by atoms with E-state index in [9.17, 15) is 0 Å². The van der Waals surface area contributed by atoms with Crippen molar-refractivity contribution >= 4 is 17.0 Å². The Morgan fingerprint density at radius 3 is 2.55 bits per heavy atom. The summed E-state index contributed by atoms with van der Waals surface area (Å²) in [5.74, 6) is 0. The van der Waals surface area contributed by atoms with Crippen LogP contribution in [0.1, 0.15) is 37.1 Å². The average Bonchev–Trinajstić information content (AvgIpc) is 3.03. The number of thiazole rings is 1. The van der Waals surface area contributed by atoms with Gasteiger partial charge in [-0.3, -0.25) is 0 Å². The lowest BCUT2D eigenvalue weighted by Gasteiger charge is -2.22. The highest BCUT2D eigenvalue weighted by Crippen LogP contribution is 2.28. The molecular formula is C18H25N3S. The normalized spacial score (nSPS) is 15.9. The van der Waals surface area contributed by atoms with E-state index in [2.05, 4.69) is 53.6 Å². The van der Waals surface area contributed by atoms with Crippen LogP contribution in [0.15, 0.2) is 30.5 Å². The predicted molar refractivity (Wildman–Crippen MR) is 95.6 cm³/mol. The Hall–Kier alpha value is -1.39. The van der Waals surface area contributed by atoms with Gasteiger partial charge in [-0.1, -0.05) is 31.4 Å². The van der Waals surface area contributed by atoms with E-state index in [4.69, 9.17) is 0 Å². The van der Waals surface area contributed by atoms with Crippen molar-refractivity contribution in [2.75, 3.05) is 19.0 Å². The topological polar surface area (TPSA) is 28.2 Å². The molecule has 0 amide bonds. The van der Waals surface area contributed by atoms with Crippen molar-refractivity contribution in [2.24, 2.45) is 0 Å². The monoisotopic (exact) mass is 315 g/mol. The largest absolute Gasteiger partial charge is 0.378 e. The molecule has 1 aromatic carbocycles. The van der Waals surface area contributed by atoms with Crippen LogP contribution in [0.5, 0.6) is 0 Å². The highest BCUT2D eigenvalue weighted by molar-refractivity contribution is 7.15. The molecule has 1 aliphatic carbocycles. The zero-order chi connectivity index (χ0) is 15.4. The number of anilines is 1. The first-order chi connectivity index (χ1) is 10.7. The summed E-state index contributed by atoms with van der Waals surface area (Å²) >= 11 is 1.80. The second kappa shape index (κ2) is 7.25. The van der Waals surface area contributed by atoms with Crippen LogP contribution in [0.25, 0.3) is 10.4 Å². The highest BCUT2D eigenvalue weighted by atomic mass is 32.1. The third-order valence-electron chi connectivity index (χ3n) is 4.37. The molecule has 1 N–H and O–H groups in total. The molecule has 1 fully saturated rings. The molecule has 22 heavy (non-hydrogen) atoms. The molecule has 0 atom stereocenters. The van der Waals surface area contributed by atoms with Crippen LogP contribution in [-0.2, 0) is 6.54 Å². The molecule has 2 aromatic rings. The van der Waals surface area contributed by atoms with Crippen LogP contribution in [0.3, 0.4) is 0 Å². The molecule has 1 aliphatic rings. The summed E-state index contributed by atoms with van der Waals surface area (Å²) in [7, 11) is 4.13. The molecule has 1 aromatic heterocycles. The fourth-order valence-electron chi connectivity index (χ4n) is 2.99. The third kappa shape index (κ3) is 3.87. The molecule has 3 rings (SSSR count). The Labute approximate surface area is 137 Å². The number of nitrogens with zero attached hydrogens (tertiary/aromatic N) is 2. The van der Waals surface area contributed by atoms with Crippen LogP contribution in [0.4, 0.5) is 5.69 Å². The molecule has 1 heterocycles. The number of aromatic nitrogens is 1. The SMILES string of the molecule is CN(C)c1ccc(-c2cnc(CNC3CCCCC3)s2)cc1. The number of benzene rings is 1. The second-order valence-electron chi connectivity index (χ2n) is 6.28. The zero-order valence-electron chi connectivity index (χ0n) is 13.5. The standard InChI is InChI=1S/C18H25N3S/c1-21(2)16-10-8-14(9-11-16)17-12-20-18(22-17)13-19-15-6-4-3-5-7-15/h8-12,15,19H,3-7,13H2,1-2H3. The van der Waals surface area contributed by atoms with Gasteiger partial charge in [0, 0.05) is 38.6 Å². The van der Waals surface area contributed by atoms with Crippen molar-refractivity contribution in [2.45, 2.75) is 44.7 Å². The van der Waals surface area contributed by atoms with Crippen molar-refractivity contribution < 1.29 is 0 Å². The lowest BCUT2D eigenvalue weighted by Crippen LogP contribution is -2.30. The van der Waals surface area contributed by atoms with E-state index >= 15 is 0 Å². The van der Waals surface area contributed by atoms with Crippen molar-refractivity contribution in [3.05, 3.63) is 35.5 Å². The lowest BCUT2D eigenvalue weighted by molar-refractivity contribution is 0.372. The van der Waals surface area contributed by atoms with E-state index in [1.165, 1.54) is 53.2 Å². The van der Waals surface area contributed by atoms with Gasteiger partial charge in [0.15, 0.2) is 0 Å². The summed E-state index contributed by atoms with van der Waals surface area (Å²) in [5.41, 5.74) is 2.49. The van der Waals surface area contributed by atoms with E-state index in [1.54, 1.807) is 11.3 Å². The van der Waals surface area contributed by atoms with Gasteiger partial charge in [0.25, 0.3) is 0 Å². The van der Waals surface area contributed by atoms with Gasteiger partial charge in [-0.25, -0.2) is 4.98 Å². The molecule has 0 saturated heterocycles. The van der Waals surface area contributed by atoms with Crippen LogP contribution in [0, 0.1) is 0 Å². The Balaban J connectivity index is 1.60. The minimum atomic E-state index is 0.695. The zero-order valence-corrected chi connectivity index (χ0v) is 14.3. The molecule has 3 nitrogen and oxygen atoms in total. The molecule has 118 valence electrons. The van der Waals surface area contributed by atoms with Crippen LogP contribution >= 0.6 is 11.3 Å². The quantitative estimate of drug-likeness (QED) is 0.891. The molecule has 0 spiro atoms. The molecule has 0 bridgehead atoms. The summed E-state index contributed by atoms with van der Waals surface area (Å²) in [5, 5.41) is 4.86. The van der Waals surface area contributed by atoms with Crippen molar-refractivity contribution in [1.82, 2.24) is 10.3 Å². The van der Waals surface area contributed by atoms with Gasteiger partial charge in [-0.15, -0.1) is 11.3 Å². The third-order valence-corrected chi connectivity index (χ3v) is 5.42. The summed E-state index contributed by atoms with van der Waals surface area (Å²) in [6.45, 7) is 0.908. The predicted octanol–water partition coefficient (Wildman–Crippen LogP) is 4.30. The van der Waals surface area contributed by atoms with Gasteiger partial charge < -0.3 is 10.2 Å². The Morgan fingerprint density at radius 2 is 1.86 bits per heavy atom. The van der Waals surface area contributed by atoms with Gasteiger partial charge in [-0.2, -0.15) is 0 Å². The van der Waals surface area contributed by atoms with Gasteiger partial charge in [-0.05, 0) is 30.5 Å². The van der Waals surface area contributed by atoms with Crippen LogP contribution < -0.4 is 10.2 Å². The maximum absolute atomic E-state index is 4.58. The van der Waals surface area contributed by atoms with E-state index in [1.807, 2.05) is 6.20 Å². The van der Waals surface area contributed by atoms with Gasteiger partial charge in [0.05, 0.1) is 4.88 Å². The summed E-state index contributed by atoms with van der Waals surface area (Å²) in [6.07, 6.45) is 8.81. The first-order valence-electron chi connectivity index (χ1n) is 8.18. The number of hydrogen-bond acceptors (Lipinski definition) is 4. The van der Waals surface area contributed by atoms with Crippen molar-refractivity contribution in [3.63, 3.8) is 0 Å².